The van der Waals surface area contributed by atoms with Crippen LogP contribution < -0.4 is 10.5 Å². The van der Waals surface area contributed by atoms with Gasteiger partial charge in [-0.15, -0.1) is 0 Å². The Hall–Kier alpha value is -2.74. The van der Waals surface area contributed by atoms with Gasteiger partial charge >= 0.3 is 0 Å². The zero-order chi connectivity index (χ0) is 18.3. The lowest BCUT2D eigenvalue weighted by Gasteiger charge is -2.29. The van der Waals surface area contributed by atoms with Gasteiger partial charge in [0.25, 0.3) is 12.0 Å². The molecule has 0 saturated carbocycles. The largest absolute Gasteiger partial charge is 0.362 e. The van der Waals surface area contributed by atoms with Crippen molar-refractivity contribution in [2.24, 2.45) is 0 Å². The van der Waals surface area contributed by atoms with Crippen LogP contribution in [0.2, 0.25) is 5.02 Å². The second-order valence-electron chi connectivity index (χ2n) is 5.97. The normalized spacial score (nSPS) is 13.9. The molecule has 0 saturated heterocycles. The van der Waals surface area contributed by atoms with Gasteiger partial charge in [0.05, 0.1) is 30.5 Å². The predicted molar refractivity (Wildman–Crippen MR) is 93.1 cm³/mol. The van der Waals surface area contributed by atoms with Crippen molar-refractivity contribution in [2.75, 3.05) is 11.4 Å². The number of halogens is 3. The van der Waals surface area contributed by atoms with Crippen LogP contribution >= 0.6 is 11.6 Å². The summed E-state index contributed by atoms with van der Waals surface area (Å²) in [5.41, 5.74) is 2.51. The first kappa shape index (κ1) is 16.7. The molecule has 3 aromatic rings. The topological polar surface area (TPSA) is 66.8 Å². The number of fused-ring (bicyclic) bond motifs is 1. The number of benzene rings is 1. The Morgan fingerprint density at radius 2 is 2.15 bits per heavy atom. The number of nitrogens with zero attached hydrogens (tertiary/aromatic N) is 4. The molecule has 2 aromatic heterocycles. The summed E-state index contributed by atoms with van der Waals surface area (Å²) >= 11 is 6.08. The van der Waals surface area contributed by atoms with E-state index in [1.54, 1.807) is 18.5 Å². The van der Waals surface area contributed by atoms with Crippen LogP contribution in [0.15, 0.2) is 41.6 Å². The fourth-order valence-electron chi connectivity index (χ4n) is 3.14. The summed E-state index contributed by atoms with van der Waals surface area (Å²) in [4.78, 5) is 18.0. The third-order valence-electron chi connectivity index (χ3n) is 4.43. The van der Waals surface area contributed by atoms with Crippen molar-refractivity contribution in [2.45, 2.75) is 19.4 Å². The molecule has 0 fully saturated rings. The highest BCUT2D eigenvalue weighted by molar-refractivity contribution is 6.32. The molecular weight excluding hydrogens is 364 g/mol. The molecule has 0 radical (unpaired) electrons. The Bertz CT molecular complexity index is 1020. The zero-order valence-electron chi connectivity index (χ0n) is 13.5. The average Bonchev–Trinajstić information content (AvgIpc) is 3.07. The van der Waals surface area contributed by atoms with Crippen molar-refractivity contribution in [3.8, 4) is 5.69 Å². The fraction of sp³-hybridized carbons (Fsp3) is 0.235. The first-order valence-electron chi connectivity index (χ1n) is 7.96. The van der Waals surface area contributed by atoms with Gasteiger partial charge in [0.1, 0.15) is 5.02 Å². The second-order valence-corrected chi connectivity index (χ2v) is 6.35. The minimum Gasteiger partial charge on any atom is -0.362 e. The van der Waals surface area contributed by atoms with Gasteiger partial charge in [-0.25, -0.2) is 18.9 Å². The van der Waals surface area contributed by atoms with E-state index in [1.807, 2.05) is 9.47 Å². The van der Waals surface area contributed by atoms with Crippen LogP contribution in [0, 0.1) is 0 Å². The molecule has 9 heteroatoms. The van der Waals surface area contributed by atoms with Crippen molar-refractivity contribution in [1.82, 2.24) is 19.7 Å². The van der Waals surface area contributed by atoms with Crippen molar-refractivity contribution in [3.05, 3.63) is 69.1 Å². The summed E-state index contributed by atoms with van der Waals surface area (Å²) in [6, 6.07) is 6.26. The van der Waals surface area contributed by atoms with Crippen molar-refractivity contribution in [3.63, 3.8) is 0 Å². The number of hydrogen-bond acceptors (Lipinski definition) is 4. The van der Waals surface area contributed by atoms with Crippen LogP contribution in [-0.4, -0.2) is 26.3 Å². The van der Waals surface area contributed by atoms with Gasteiger partial charge in [-0.3, -0.25) is 4.79 Å². The second kappa shape index (κ2) is 6.53. The standard InChI is InChI=1S/C17H14ClF2N5O/c18-15-14(7-22-23-17(15)26)24-5-4-13-12(8-24)21-9-25(13)11-3-1-2-10(6-11)16(19)20/h1-3,6-7,9,16H,4-5,8H2,(H,23,26). The molecule has 1 aliphatic heterocycles. The Labute approximate surface area is 152 Å². The van der Waals surface area contributed by atoms with E-state index in [0.29, 0.717) is 30.9 Å². The highest BCUT2D eigenvalue weighted by Crippen LogP contribution is 2.29. The van der Waals surface area contributed by atoms with E-state index in [1.165, 1.54) is 18.3 Å². The summed E-state index contributed by atoms with van der Waals surface area (Å²) < 4.78 is 27.7. The van der Waals surface area contributed by atoms with E-state index in [0.717, 1.165) is 11.4 Å². The Morgan fingerprint density at radius 1 is 1.31 bits per heavy atom. The molecule has 26 heavy (non-hydrogen) atoms. The number of hydrogen-bond donors (Lipinski definition) is 1. The summed E-state index contributed by atoms with van der Waals surface area (Å²) in [5, 5.41) is 6.18. The molecule has 0 unspecified atom stereocenters. The number of alkyl halides is 2. The third-order valence-corrected chi connectivity index (χ3v) is 4.80. The lowest BCUT2D eigenvalue weighted by Crippen LogP contribution is -2.32. The van der Waals surface area contributed by atoms with Crippen LogP contribution in [-0.2, 0) is 13.0 Å². The molecule has 0 amide bonds. The van der Waals surface area contributed by atoms with Crippen molar-refractivity contribution in [1.29, 1.82) is 0 Å². The summed E-state index contributed by atoms with van der Waals surface area (Å²) in [6.07, 6.45) is 1.27. The maximum atomic E-state index is 13.0. The molecule has 1 N–H and O–H groups in total. The number of H-pyrrole nitrogens is 1. The average molecular weight is 378 g/mol. The number of rotatable bonds is 3. The fourth-order valence-corrected chi connectivity index (χ4v) is 3.35. The molecular formula is C17H14ClF2N5O. The lowest BCUT2D eigenvalue weighted by atomic mass is 10.1. The van der Waals surface area contributed by atoms with Crippen LogP contribution in [0.5, 0.6) is 0 Å². The minimum atomic E-state index is -2.52. The molecule has 0 aliphatic carbocycles. The van der Waals surface area contributed by atoms with Gasteiger partial charge in [0.15, 0.2) is 0 Å². The Balaban J connectivity index is 1.66. The van der Waals surface area contributed by atoms with Crippen LogP contribution in [0.1, 0.15) is 23.4 Å². The van der Waals surface area contributed by atoms with E-state index in [4.69, 9.17) is 11.6 Å². The van der Waals surface area contributed by atoms with Crippen molar-refractivity contribution >= 4 is 17.3 Å². The molecule has 6 nitrogen and oxygen atoms in total. The minimum absolute atomic E-state index is 0.0243. The molecule has 3 heterocycles. The van der Waals surface area contributed by atoms with Gasteiger partial charge < -0.3 is 9.47 Å². The van der Waals surface area contributed by atoms with E-state index < -0.39 is 12.0 Å². The zero-order valence-corrected chi connectivity index (χ0v) is 14.2. The smallest absolute Gasteiger partial charge is 0.285 e. The Kier molecular flexibility index (Phi) is 4.20. The lowest BCUT2D eigenvalue weighted by molar-refractivity contribution is 0.151. The summed E-state index contributed by atoms with van der Waals surface area (Å²) in [5.74, 6) is 0. The maximum Gasteiger partial charge on any atom is 0.285 e. The highest BCUT2D eigenvalue weighted by Gasteiger charge is 2.24. The van der Waals surface area contributed by atoms with Gasteiger partial charge in [0.2, 0.25) is 0 Å². The first-order valence-corrected chi connectivity index (χ1v) is 8.34. The molecule has 4 rings (SSSR count). The van der Waals surface area contributed by atoms with Crippen molar-refractivity contribution < 1.29 is 8.78 Å². The van der Waals surface area contributed by atoms with E-state index >= 15 is 0 Å². The van der Waals surface area contributed by atoms with E-state index in [9.17, 15) is 13.6 Å². The van der Waals surface area contributed by atoms with E-state index in [-0.39, 0.29) is 10.6 Å². The molecule has 0 atom stereocenters. The molecule has 0 bridgehead atoms. The molecule has 1 aliphatic rings. The quantitative estimate of drug-likeness (QED) is 0.761. The molecule has 0 spiro atoms. The number of imidazole rings is 1. The third kappa shape index (κ3) is 2.86. The van der Waals surface area contributed by atoms with Gasteiger partial charge in [-0.2, -0.15) is 5.10 Å². The predicted octanol–water partition coefficient (Wildman–Crippen LogP) is 3.11. The summed E-state index contributed by atoms with van der Waals surface area (Å²) in [7, 11) is 0. The van der Waals surface area contributed by atoms with Gasteiger partial charge in [-0.05, 0) is 12.1 Å². The SMILES string of the molecule is O=c1[nH]ncc(N2CCc3c(ncn3-c3cccc(C(F)F)c3)C2)c1Cl. The molecule has 134 valence electrons. The number of aromatic nitrogens is 4. The first-order chi connectivity index (χ1) is 12.5. The van der Waals surface area contributed by atoms with Crippen LogP contribution in [0.25, 0.3) is 5.69 Å². The van der Waals surface area contributed by atoms with Gasteiger partial charge in [-0.1, -0.05) is 23.7 Å². The van der Waals surface area contributed by atoms with Gasteiger partial charge in [0, 0.05) is 29.9 Å². The van der Waals surface area contributed by atoms with E-state index in [2.05, 4.69) is 15.2 Å². The summed E-state index contributed by atoms with van der Waals surface area (Å²) in [6.45, 7) is 1.07. The Morgan fingerprint density at radius 3 is 2.96 bits per heavy atom. The van der Waals surface area contributed by atoms with Crippen LogP contribution in [0.3, 0.4) is 0 Å². The highest BCUT2D eigenvalue weighted by atomic mass is 35.5. The number of anilines is 1. The molecule has 1 aromatic carbocycles. The van der Waals surface area contributed by atoms with Crippen LogP contribution in [0.4, 0.5) is 14.5 Å². The maximum absolute atomic E-state index is 13.0. The number of aromatic amines is 1. The number of nitrogens with one attached hydrogen (secondary N) is 1. The monoisotopic (exact) mass is 377 g/mol.